The predicted molar refractivity (Wildman–Crippen MR) is 114 cm³/mol. The van der Waals surface area contributed by atoms with Gasteiger partial charge >= 0.3 is 0 Å². The molecule has 0 N–H and O–H groups in total. The molecule has 0 spiro atoms. The van der Waals surface area contributed by atoms with Gasteiger partial charge in [-0.3, -0.25) is 4.79 Å². The van der Waals surface area contributed by atoms with Crippen LogP contribution in [0.3, 0.4) is 0 Å². The van der Waals surface area contributed by atoms with Gasteiger partial charge < -0.3 is 14.2 Å². The van der Waals surface area contributed by atoms with Gasteiger partial charge in [0, 0.05) is 43.3 Å². The average molecular weight is 467 g/mol. The van der Waals surface area contributed by atoms with Crippen LogP contribution < -0.4 is 4.74 Å². The third-order valence-corrected chi connectivity index (χ3v) is 6.25. The molecule has 3 aromatic rings. The number of carbonyl (C=O) groups excluding carboxylic acids is 1. The van der Waals surface area contributed by atoms with Crippen LogP contribution in [0.15, 0.2) is 53.3 Å². The van der Waals surface area contributed by atoms with E-state index in [0.29, 0.717) is 34.0 Å². The van der Waals surface area contributed by atoms with E-state index in [9.17, 15) is 4.79 Å². The van der Waals surface area contributed by atoms with E-state index < -0.39 is 0 Å². The molecule has 1 aromatic carbocycles. The summed E-state index contributed by atoms with van der Waals surface area (Å²) >= 11 is 18.3. The van der Waals surface area contributed by atoms with Crippen molar-refractivity contribution in [3.8, 4) is 5.88 Å². The molecule has 6 nitrogen and oxygen atoms in total. The monoisotopic (exact) mass is 465 g/mol. The molecule has 1 aliphatic heterocycles. The number of hydrogen-bond donors (Lipinski definition) is 0. The first-order valence-electron chi connectivity index (χ1n) is 9.35. The van der Waals surface area contributed by atoms with E-state index >= 15 is 0 Å². The molecule has 1 aliphatic rings. The Morgan fingerprint density at radius 3 is 2.67 bits per heavy atom. The van der Waals surface area contributed by atoms with Crippen molar-refractivity contribution in [3.05, 3.63) is 75.2 Å². The zero-order valence-corrected chi connectivity index (χ0v) is 18.2. The number of nitrogens with zero attached hydrogens (tertiary/aromatic N) is 3. The molecule has 0 radical (unpaired) electrons. The quantitative estimate of drug-likeness (QED) is 0.507. The lowest BCUT2D eigenvalue weighted by Crippen LogP contribution is -2.32. The topological polar surface area (TPSA) is 68.5 Å². The zero-order valence-electron chi connectivity index (χ0n) is 16.0. The number of pyridine rings is 1. The van der Waals surface area contributed by atoms with E-state index in [0.717, 1.165) is 5.56 Å². The summed E-state index contributed by atoms with van der Waals surface area (Å²) in [6, 6.07) is 10.5. The van der Waals surface area contributed by atoms with Crippen LogP contribution in [0.1, 0.15) is 29.0 Å². The fourth-order valence-corrected chi connectivity index (χ4v) is 4.18. The van der Waals surface area contributed by atoms with Crippen molar-refractivity contribution in [2.24, 2.45) is 5.92 Å². The van der Waals surface area contributed by atoms with Gasteiger partial charge in [-0.25, -0.2) is 4.98 Å². The molecule has 3 heterocycles. The molecule has 9 heteroatoms. The molecule has 2 aromatic heterocycles. The number of aromatic nitrogens is 2. The molecule has 0 aliphatic carbocycles. The Labute approximate surface area is 188 Å². The largest absolute Gasteiger partial charge is 0.474 e. The second kappa shape index (κ2) is 8.84. The van der Waals surface area contributed by atoms with Gasteiger partial charge in [-0.15, -0.1) is 0 Å². The maximum Gasteiger partial charge on any atom is 0.292 e. The Hall–Kier alpha value is -2.28. The molecule has 1 saturated heterocycles. The minimum Gasteiger partial charge on any atom is -0.474 e. The second-order valence-electron chi connectivity index (χ2n) is 7.17. The maximum absolute atomic E-state index is 12.8. The smallest absolute Gasteiger partial charge is 0.292 e. The third kappa shape index (κ3) is 4.41. The van der Waals surface area contributed by atoms with E-state index in [4.69, 9.17) is 44.1 Å². The van der Waals surface area contributed by atoms with Crippen LogP contribution in [0, 0.1) is 5.92 Å². The van der Waals surface area contributed by atoms with Gasteiger partial charge in [0.15, 0.2) is 0 Å². The third-order valence-electron chi connectivity index (χ3n) is 5.28. The van der Waals surface area contributed by atoms with E-state index in [1.165, 1.54) is 12.4 Å². The van der Waals surface area contributed by atoms with Gasteiger partial charge in [-0.1, -0.05) is 46.0 Å². The highest BCUT2D eigenvalue weighted by Crippen LogP contribution is 2.38. The summed E-state index contributed by atoms with van der Waals surface area (Å²) in [6.07, 6.45) is 2.76. The number of halogens is 3. The van der Waals surface area contributed by atoms with Gasteiger partial charge in [0.2, 0.25) is 11.6 Å². The van der Waals surface area contributed by atoms with Crippen molar-refractivity contribution in [1.29, 1.82) is 0 Å². The van der Waals surface area contributed by atoms with Crippen molar-refractivity contribution in [1.82, 2.24) is 15.0 Å². The minimum atomic E-state index is -0.231. The predicted octanol–water partition coefficient (Wildman–Crippen LogP) is 5.35. The van der Waals surface area contributed by atoms with E-state index in [2.05, 4.69) is 10.1 Å². The first kappa shape index (κ1) is 21.0. The van der Waals surface area contributed by atoms with E-state index in [-0.39, 0.29) is 29.6 Å². The summed E-state index contributed by atoms with van der Waals surface area (Å²) in [6.45, 7) is 2.94. The molecule has 1 fully saturated rings. The van der Waals surface area contributed by atoms with Gasteiger partial charge in [-0.2, -0.15) is 0 Å². The summed E-state index contributed by atoms with van der Waals surface area (Å²) in [5.74, 6) is 0.452. The van der Waals surface area contributed by atoms with Gasteiger partial charge in [0.05, 0.1) is 21.3 Å². The maximum atomic E-state index is 12.8. The van der Waals surface area contributed by atoms with Crippen LogP contribution in [0.2, 0.25) is 15.1 Å². The molecule has 30 heavy (non-hydrogen) atoms. The minimum absolute atomic E-state index is 0.00561. The number of benzene rings is 1. The fraction of sp³-hybridized carbons (Fsp3) is 0.286. The molecule has 0 bridgehead atoms. The van der Waals surface area contributed by atoms with Crippen molar-refractivity contribution >= 4 is 40.7 Å². The number of amides is 1. The second-order valence-corrected chi connectivity index (χ2v) is 8.42. The summed E-state index contributed by atoms with van der Waals surface area (Å²) in [5.41, 5.74) is 0.988. The summed E-state index contributed by atoms with van der Waals surface area (Å²) in [7, 11) is 0. The number of likely N-dealkylation sites (tertiary alicyclic amines) is 1. The highest BCUT2D eigenvalue weighted by Gasteiger charge is 2.41. The lowest BCUT2D eigenvalue weighted by molar-refractivity contribution is 0.0729. The standard InChI is InChI=1S/C21H18Cl3N3O3/c1-12(29-20-5-3-14(22)9-25-20)15-10-27(21(28)19-6-7-26-30-19)11-16(15)13-2-4-17(23)18(24)8-13/h2-9,12,15-16H,10-11H2,1H3/t12-,15+,16+/m1/s1. The molecular formula is C21H18Cl3N3O3. The summed E-state index contributed by atoms with van der Waals surface area (Å²) in [5, 5.41) is 5.13. The van der Waals surface area contributed by atoms with Crippen LogP contribution >= 0.6 is 34.8 Å². The average Bonchev–Trinajstić information content (AvgIpc) is 3.41. The highest BCUT2D eigenvalue weighted by molar-refractivity contribution is 6.42. The normalized spacial score (nSPS) is 19.7. The molecule has 3 atom stereocenters. The van der Waals surface area contributed by atoms with Crippen LogP contribution in [0.5, 0.6) is 5.88 Å². The molecule has 156 valence electrons. The Kier molecular flexibility index (Phi) is 6.18. The molecule has 0 saturated carbocycles. The molecule has 0 unspecified atom stereocenters. The van der Waals surface area contributed by atoms with Gasteiger partial charge in [0.25, 0.3) is 5.91 Å². The zero-order chi connectivity index (χ0) is 21.3. The number of carbonyl (C=O) groups is 1. The lowest BCUT2D eigenvalue weighted by Gasteiger charge is -2.25. The van der Waals surface area contributed by atoms with Crippen LogP contribution in [-0.4, -0.2) is 40.1 Å². The van der Waals surface area contributed by atoms with Crippen molar-refractivity contribution in [2.45, 2.75) is 18.9 Å². The van der Waals surface area contributed by atoms with Gasteiger partial charge in [-0.05, 0) is 30.7 Å². The number of ether oxygens (including phenoxy) is 1. The van der Waals surface area contributed by atoms with Crippen molar-refractivity contribution in [3.63, 3.8) is 0 Å². The molecular weight excluding hydrogens is 449 g/mol. The SMILES string of the molecule is C[C@@H](Oc1ccc(Cl)cn1)[C@@H]1CN(C(=O)c2ccno2)C[C@H]1c1ccc(Cl)c(Cl)c1. The summed E-state index contributed by atoms with van der Waals surface area (Å²) < 4.78 is 11.1. The first-order valence-corrected chi connectivity index (χ1v) is 10.5. The number of hydrogen-bond acceptors (Lipinski definition) is 5. The van der Waals surface area contributed by atoms with Crippen LogP contribution in [0.25, 0.3) is 0 Å². The molecule has 1 amide bonds. The lowest BCUT2D eigenvalue weighted by atomic mass is 9.86. The van der Waals surface area contributed by atoms with Gasteiger partial charge in [0.1, 0.15) is 6.10 Å². The summed E-state index contributed by atoms with van der Waals surface area (Å²) in [4.78, 5) is 18.8. The number of rotatable bonds is 5. The Morgan fingerprint density at radius 2 is 2.00 bits per heavy atom. The van der Waals surface area contributed by atoms with Crippen LogP contribution in [-0.2, 0) is 0 Å². The van der Waals surface area contributed by atoms with Crippen molar-refractivity contribution < 1.29 is 14.1 Å². The fourth-order valence-electron chi connectivity index (χ4n) is 3.76. The molecule has 4 rings (SSSR count). The van der Waals surface area contributed by atoms with Crippen LogP contribution in [0.4, 0.5) is 0 Å². The Morgan fingerprint density at radius 1 is 1.17 bits per heavy atom. The van der Waals surface area contributed by atoms with E-state index in [1.807, 2.05) is 19.1 Å². The van der Waals surface area contributed by atoms with Crippen molar-refractivity contribution in [2.75, 3.05) is 13.1 Å². The Bertz CT molecular complexity index is 1030. The Balaban J connectivity index is 1.60. The first-order chi connectivity index (χ1) is 14.4. The van der Waals surface area contributed by atoms with E-state index in [1.54, 1.807) is 29.2 Å². The highest BCUT2D eigenvalue weighted by atomic mass is 35.5.